The van der Waals surface area contributed by atoms with E-state index >= 15 is 0 Å². The summed E-state index contributed by atoms with van der Waals surface area (Å²) >= 11 is 0. The van der Waals surface area contributed by atoms with E-state index in [0.29, 0.717) is 6.61 Å². The van der Waals surface area contributed by atoms with Gasteiger partial charge in [-0.3, -0.25) is 9.88 Å². The monoisotopic (exact) mass is 391 g/mol. The summed E-state index contributed by atoms with van der Waals surface area (Å²) < 4.78 is 11.8. The maximum Gasteiger partial charge on any atom is 0.124 e. The predicted molar refractivity (Wildman–Crippen MR) is 114 cm³/mol. The third kappa shape index (κ3) is 5.46. The molecule has 29 heavy (non-hydrogen) atoms. The zero-order valence-corrected chi connectivity index (χ0v) is 16.8. The van der Waals surface area contributed by atoms with Gasteiger partial charge in [-0.2, -0.15) is 0 Å². The number of benzene rings is 1. The van der Waals surface area contributed by atoms with E-state index in [-0.39, 0.29) is 6.04 Å². The lowest BCUT2D eigenvalue weighted by Gasteiger charge is -2.33. The summed E-state index contributed by atoms with van der Waals surface area (Å²) in [7, 11) is 0. The summed E-state index contributed by atoms with van der Waals surface area (Å²) in [4.78, 5) is 6.69. The Balaban J connectivity index is 1.36. The molecule has 1 saturated heterocycles. The predicted octanol–water partition coefficient (Wildman–Crippen LogP) is 4.57. The minimum Gasteiger partial charge on any atom is -0.489 e. The van der Waals surface area contributed by atoms with Gasteiger partial charge in [-0.25, -0.2) is 0 Å². The van der Waals surface area contributed by atoms with Crippen LogP contribution in [0.15, 0.2) is 71.6 Å². The summed E-state index contributed by atoms with van der Waals surface area (Å²) in [6.07, 6.45) is 9.25. The van der Waals surface area contributed by atoms with Crippen LogP contribution in [0.4, 0.5) is 0 Å². The lowest BCUT2D eigenvalue weighted by Crippen LogP contribution is -2.38. The lowest BCUT2D eigenvalue weighted by atomic mass is 10.1. The molecule has 1 unspecified atom stereocenters. The number of nitrogens with one attached hydrogen (secondary N) is 1. The van der Waals surface area contributed by atoms with Crippen molar-refractivity contribution in [3.63, 3.8) is 0 Å². The van der Waals surface area contributed by atoms with Gasteiger partial charge in [-0.1, -0.05) is 30.7 Å². The number of aromatic nitrogens is 1. The maximum absolute atomic E-state index is 6.06. The van der Waals surface area contributed by atoms with Crippen LogP contribution < -0.4 is 10.1 Å². The van der Waals surface area contributed by atoms with Crippen LogP contribution in [-0.2, 0) is 13.2 Å². The highest BCUT2D eigenvalue weighted by atomic mass is 16.5. The minimum atomic E-state index is 0.272. The molecule has 0 saturated carbocycles. The van der Waals surface area contributed by atoms with Crippen molar-refractivity contribution in [3.05, 3.63) is 84.1 Å². The van der Waals surface area contributed by atoms with Gasteiger partial charge >= 0.3 is 0 Å². The van der Waals surface area contributed by atoms with Crippen molar-refractivity contribution in [1.82, 2.24) is 15.2 Å². The number of pyridine rings is 1. The molecule has 1 atom stereocenters. The SMILES string of the molecule is c1cncc(COc2ccccc2CNCC(c2ccco2)N2CCCCC2)c1. The summed E-state index contributed by atoms with van der Waals surface area (Å²) in [6.45, 7) is 4.40. The molecule has 1 N–H and O–H groups in total. The van der Waals surface area contributed by atoms with Crippen LogP contribution in [0.1, 0.15) is 42.2 Å². The van der Waals surface area contributed by atoms with Gasteiger partial charge < -0.3 is 14.5 Å². The summed E-state index contributed by atoms with van der Waals surface area (Å²) in [6, 6.07) is 16.5. The first-order chi connectivity index (χ1) is 14.4. The van der Waals surface area contributed by atoms with Crippen molar-refractivity contribution < 1.29 is 9.15 Å². The largest absolute Gasteiger partial charge is 0.489 e. The Bertz CT molecular complexity index is 846. The molecular weight excluding hydrogens is 362 g/mol. The standard InChI is InChI=1S/C24H29N3O2/c1-4-13-27(14-5-1)22(24-11-7-15-28-24)18-26-17-21-9-2-3-10-23(21)29-19-20-8-6-12-25-16-20/h2-3,6-12,15-16,22,26H,1,4-5,13-14,17-19H2. The minimum absolute atomic E-state index is 0.272. The number of likely N-dealkylation sites (tertiary alicyclic amines) is 1. The first kappa shape index (κ1) is 19.7. The molecule has 3 aromatic rings. The molecule has 5 nitrogen and oxygen atoms in total. The number of furan rings is 1. The van der Waals surface area contributed by atoms with E-state index < -0.39 is 0 Å². The van der Waals surface area contributed by atoms with E-state index in [2.05, 4.69) is 33.4 Å². The number of hydrogen-bond donors (Lipinski definition) is 1. The maximum atomic E-state index is 6.06. The molecular formula is C24H29N3O2. The fraction of sp³-hybridized carbons (Fsp3) is 0.375. The number of nitrogens with zero attached hydrogens (tertiary/aromatic N) is 2. The van der Waals surface area contributed by atoms with Crippen LogP contribution in [0.25, 0.3) is 0 Å². The molecule has 152 valence electrons. The zero-order chi connectivity index (χ0) is 19.7. The van der Waals surface area contributed by atoms with Gasteiger partial charge in [0.1, 0.15) is 18.1 Å². The fourth-order valence-corrected chi connectivity index (χ4v) is 3.90. The molecule has 0 amide bonds. The Morgan fingerprint density at radius 3 is 2.72 bits per heavy atom. The molecule has 0 aliphatic carbocycles. The number of ether oxygens (including phenoxy) is 1. The zero-order valence-electron chi connectivity index (χ0n) is 16.8. The third-order valence-electron chi connectivity index (χ3n) is 5.45. The Labute approximate surface area is 172 Å². The molecule has 0 bridgehead atoms. The van der Waals surface area contributed by atoms with Crippen molar-refractivity contribution in [2.75, 3.05) is 19.6 Å². The Kier molecular flexibility index (Phi) is 6.94. The molecule has 5 heteroatoms. The van der Waals surface area contributed by atoms with E-state index in [1.807, 2.05) is 36.5 Å². The first-order valence-electron chi connectivity index (χ1n) is 10.5. The topological polar surface area (TPSA) is 50.5 Å². The van der Waals surface area contributed by atoms with E-state index in [1.165, 1.54) is 19.3 Å². The van der Waals surface area contributed by atoms with Crippen molar-refractivity contribution in [3.8, 4) is 5.75 Å². The van der Waals surface area contributed by atoms with Crippen LogP contribution in [0.5, 0.6) is 5.75 Å². The van der Waals surface area contributed by atoms with Crippen molar-refractivity contribution >= 4 is 0 Å². The second kappa shape index (κ2) is 10.2. The number of rotatable bonds is 9. The van der Waals surface area contributed by atoms with E-state index in [9.17, 15) is 0 Å². The normalized spacial score (nSPS) is 15.9. The second-order valence-corrected chi connectivity index (χ2v) is 7.52. The van der Waals surface area contributed by atoms with Crippen LogP contribution in [0.3, 0.4) is 0 Å². The highest BCUT2D eigenvalue weighted by molar-refractivity contribution is 5.33. The van der Waals surface area contributed by atoms with Crippen LogP contribution in [0.2, 0.25) is 0 Å². The van der Waals surface area contributed by atoms with E-state index in [4.69, 9.17) is 9.15 Å². The fourth-order valence-electron chi connectivity index (χ4n) is 3.90. The average Bonchev–Trinajstić information content (AvgIpc) is 3.32. The van der Waals surface area contributed by atoms with Crippen LogP contribution in [-0.4, -0.2) is 29.5 Å². The molecule has 1 aliphatic heterocycles. The van der Waals surface area contributed by atoms with Gasteiger partial charge in [-0.15, -0.1) is 0 Å². The van der Waals surface area contributed by atoms with Crippen LogP contribution >= 0.6 is 0 Å². The molecule has 1 aliphatic rings. The Morgan fingerprint density at radius 2 is 1.93 bits per heavy atom. The Hall–Kier alpha value is -2.63. The average molecular weight is 392 g/mol. The summed E-state index contributed by atoms with van der Waals surface area (Å²) in [5.74, 6) is 1.96. The summed E-state index contributed by atoms with van der Waals surface area (Å²) in [5, 5.41) is 3.63. The van der Waals surface area contributed by atoms with Crippen molar-refractivity contribution in [2.45, 2.75) is 38.5 Å². The van der Waals surface area contributed by atoms with Gasteiger partial charge in [0, 0.05) is 36.6 Å². The lowest BCUT2D eigenvalue weighted by molar-refractivity contribution is 0.142. The van der Waals surface area contributed by atoms with Gasteiger partial charge in [0.15, 0.2) is 0 Å². The number of piperidine rings is 1. The molecule has 1 fully saturated rings. The van der Waals surface area contributed by atoms with Gasteiger partial charge in [-0.05, 0) is 50.2 Å². The third-order valence-corrected chi connectivity index (χ3v) is 5.45. The van der Waals surface area contributed by atoms with Crippen LogP contribution in [0, 0.1) is 0 Å². The molecule has 4 rings (SSSR count). The Morgan fingerprint density at radius 1 is 1.03 bits per heavy atom. The quantitative estimate of drug-likeness (QED) is 0.579. The molecule has 0 spiro atoms. The van der Waals surface area contributed by atoms with Gasteiger partial charge in [0.05, 0.1) is 12.3 Å². The van der Waals surface area contributed by atoms with Gasteiger partial charge in [0.2, 0.25) is 0 Å². The molecule has 3 heterocycles. The van der Waals surface area contributed by atoms with E-state index in [0.717, 1.165) is 48.8 Å². The van der Waals surface area contributed by atoms with E-state index in [1.54, 1.807) is 12.5 Å². The number of para-hydroxylation sites is 1. The molecule has 0 radical (unpaired) electrons. The molecule has 1 aromatic carbocycles. The highest BCUT2D eigenvalue weighted by Gasteiger charge is 2.24. The van der Waals surface area contributed by atoms with Crippen molar-refractivity contribution in [2.24, 2.45) is 0 Å². The van der Waals surface area contributed by atoms with Gasteiger partial charge in [0.25, 0.3) is 0 Å². The van der Waals surface area contributed by atoms with Crippen molar-refractivity contribution in [1.29, 1.82) is 0 Å². The molecule has 2 aromatic heterocycles. The first-order valence-corrected chi connectivity index (χ1v) is 10.5. The number of hydrogen-bond acceptors (Lipinski definition) is 5. The second-order valence-electron chi connectivity index (χ2n) is 7.52. The summed E-state index contributed by atoms with van der Waals surface area (Å²) in [5.41, 5.74) is 2.23. The highest BCUT2D eigenvalue weighted by Crippen LogP contribution is 2.25. The smallest absolute Gasteiger partial charge is 0.124 e.